The predicted molar refractivity (Wildman–Crippen MR) is 78.3 cm³/mol. The Morgan fingerprint density at radius 2 is 1.05 bits per heavy atom. The molecule has 6 nitrogen and oxygen atoms in total. The van der Waals surface area contributed by atoms with E-state index in [1.165, 1.54) is 0 Å². The van der Waals surface area contributed by atoms with Crippen LogP contribution >= 0.6 is 0 Å². The van der Waals surface area contributed by atoms with E-state index in [1.54, 1.807) is 0 Å². The third kappa shape index (κ3) is 17.8. The summed E-state index contributed by atoms with van der Waals surface area (Å²) in [5.74, 6) is 0. The minimum Gasteiger partial charge on any atom is -0.379 e. The molecule has 0 saturated carbocycles. The van der Waals surface area contributed by atoms with Crippen LogP contribution in [0.4, 0.5) is 0 Å². The van der Waals surface area contributed by atoms with Gasteiger partial charge < -0.3 is 29.0 Å². The third-order valence-electron chi connectivity index (χ3n) is 2.39. The van der Waals surface area contributed by atoms with Crippen LogP contribution in [-0.2, 0) is 23.7 Å². The van der Waals surface area contributed by atoms with Crippen molar-refractivity contribution in [1.29, 1.82) is 0 Å². The van der Waals surface area contributed by atoms with Crippen molar-refractivity contribution in [2.45, 2.75) is 13.3 Å². The van der Waals surface area contributed by atoms with Crippen LogP contribution in [0.25, 0.3) is 0 Å². The molecular formula is C14H31NO5. The van der Waals surface area contributed by atoms with Crippen molar-refractivity contribution >= 4 is 0 Å². The predicted octanol–water partition coefficient (Wildman–Crippen LogP) is 0.699. The second-order valence-electron chi connectivity index (χ2n) is 4.10. The molecule has 0 aliphatic carbocycles. The van der Waals surface area contributed by atoms with Crippen LogP contribution in [0.15, 0.2) is 0 Å². The fourth-order valence-corrected chi connectivity index (χ4v) is 1.34. The van der Waals surface area contributed by atoms with E-state index in [4.69, 9.17) is 23.7 Å². The molecule has 0 aliphatic rings. The van der Waals surface area contributed by atoms with Gasteiger partial charge in [0.1, 0.15) is 0 Å². The Hall–Kier alpha value is -0.240. The molecule has 0 heterocycles. The van der Waals surface area contributed by atoms with Gasteiger partial charge in [0, 0.05) is 26.4 Å². The molecule has 6 heteroatoms. The smallest absolute Gasteiger partial charge is 0.0701 e. The van der Waals surface area contributed by atoms with Crippen molar-refractivity contribution in [2.24, 2.45) is 0 Å². The van der Waals surface area contributed by atoms with Crippen LogP contribution in [0.1, 0.15) is 13.3 Å². The number of nitrogens with one attached hydrogen (secondary N) is 1. The third-order valence-corrected chi connectivity index (χ3v) is 2.39. The number of rotatable bonds is 17. The Morgan fingerprint density at radius 1 is 0.600 bits per heavy atom. The molecule has 0 saturated heterocycles. The highest BCUT2D eigenvalue weighted by molar-refractivity contribution is 4.39. The van der Waals surface area contributed by atoms with Crippen LogP contribution in [0.2, 0.25) is 0 Å². The molecule has 20 heavy (non-hydrogen) atoms. The minimum absolute atomic E-state index is 0.618. The number of likely N-dealkylation sites (N-methyl/N-ethyl adjacent to an activating group) is 1. The maximum absolute atomic E-state index is 5.41. The lowest BCUT2D eigenvalue weighted by molar-refractivity contribution is 0.00760. The number of hydrogen-bond acceptors (Lipinski definition) is 6. The van der Waals surface area contributed by atoms with Gasteiger partial charge in [0.15, 0.2) is 0 Å². The van der Waals surface area contributed by atoms with Crippen LogP contribution < -0.4 is 5.32 Å². The zero-order valence-electron chi connectivity index (χ0n) is 13.0. The standard InChI is InChI=1S/C14H31NO5/c1-3-16-9-10-20-14-12-18-7-4-6-17-11-13-19-8-5-15-2/h15H,3-14H2,1-2H3. The normalized spacial score (nSPS) is 11.1. The fourth-order valence-electron chi connectivity index (χ4n) is 1.34. The van der Waals surface area contributed by atoms with Crippen LogP contribution in [0.3, 0.4) is 0 Å². The van der Waals surface area contributed by atoms with Gasteiger partial charge in [0.05, 0.1) is 46.2 Å². The number of ether oxygens (including phenoxy) is 5. The monoisotopic (exact) mass is 293 g/mol. The molecule has 0 aliphatic heterocycles. The fraction of sp³-hybridized carbons (Fsp3) is 1.00. The lowest BCUT2D eigenvalue weighted by atomic mass is 10.5. The highest BCUT2D eigenvalue weighted by Gasteiger charge is 1.93. The second kappa shape index (κ2) is 18.8. The molecule has 0 fully saturated rings. The van der Waals surface area contributed by atoms with Crippen LogP contribution in [0, 0.1) is 0 Å². The highest BCUT2D eigenvalue weighted by Crippen LogP contribution is 1.87. The zero-order chi connectivity index (χ0) is 14.7. The van der Waals surface area contributed by atoms with Gasteiger partial charge in [0.25, 0.3) is 0 Å². The SMILES string of the molecule is CCOCCOCCOCCCOCCOCCNC. The molecule has 122 valence electrons. The van der Waals surface area contributed by atoms with Crippen molar-refractivity contribution in [2.75, 3.05) is 79.7 Å². The number of hydrogen-bond donors (Lipinski definition) is 1. The van der Waals surface area contributed by atoms with Crippen molar-refractivity contribution in [3.63, 3.8) is 0 Å². The van der Waals surface area contributed by atoms with Gasteiger partial charge in [-0.2, -0.15) is 0 Å². The summed E-state index contributed by atoms with van der Waals surface area (Å²) >= 11 is 0. The summed E-state index contributed by atoms with van der Waals surface area (Å²) in [6, 6.07) is 0. The summed E-state index contributed by atoms with van der Waals surface area (Å²) in [6.45, 7) is 9.55. The van der Waals surface area contributed by atoms with E-state index in [0.717, 1.165) is 26.2 Å². The average Bonchev–Trinajstić information content (AvgIpc) is 2.47. The quantitative estimate of drug-likeness (QED) is 0.398. The first-order valence-electron chi connectivity index (χ1n) is 7.45. The molecule has 0 atom stereocenters. The van der Waals surface area contributed by atoms with E-state index in [0.29, 0.717) is 52.9 Å². The summed E-state index contributed by atoms with van der Waals surface area (Å²) in [6.07, 6.45) is 0.898. The van der Waals surface area contributed by atoms with E-state index in [9.17, 15) is 0 Å². The molecule has 0 rings (SSSR count). The summed E-state index contributed by atoms with van der Waals surface area (Å²) in [5, 5.41) is 3.02. The van der Waals surface area contributed by atoms with Crippen molar-refractivity contribution < 1.29 is 23.7 Å². The Balaban J connectivity index is 2.89. The Morgan fingerprint density at radius 3 is 1.55 bits per heavy atom. The molecule has 0 spiro atoms. The van der Waals surface area contributed by atoms with E-state index in [-0.39, 0.29) is 0 Å². The summed E-state index contributed by atoms with van der Waals surface area (Å²) in [5.41, 5.74) is 0. The second-order valence-corrected chi connectivity index (χ2v) is 4.10. The van der Waals surface area contributed by atoms with Gasteiger partial charge >= 0.3 is 0 Å². The molecule has 0 radical (unpaired) electrons. The first-order chi connectivity index (χ1) is 9.91. The Kier molecular flexibility index (Phi) is 18.5. The molecule has 0 amide bonds. The van der Waals surface area contributed by atoms with E-state index in [1.807, 2.05) is 14.0 Å². The lowest BCUT2D eigenvalue weighted by Crippen LogP contribution is -2.16. The maximum atomic E-state index is 5.41. The van der Waals surface area contributed by atoms with Gasteiger partial charge in [-0.15, -0.1) is 0 Å². The van der Waals surface area contributed by atoms with Gasteiger partial charge in [-0.25, -0.2) is 0 Å². The largest absolute Gasteiger partial charge is 0.379 e. The van der Waals surface area contributed by atoms with Gasteiger partial charge in [-0.05, 0) is 20.4 Å². The molecule has 1 N–H and O–H groups in total. The highest BCUT2D eigenvalue weighted by atomic mass is 16.5. The van der Waals surface area contributed by atoms with E-state index < -0.39 is 0 Å². The van der Waals surface area contributed by atoms with E-state index >= 15 is 0 Å². The Bertz CT molecular complexity index is 154. The Labute approximate surface area is 123 Å². The summed E-state index contributed by atoms with van der Waals surface area (Å²) < 4.78 is 26.6. The zero-order valence-corrected chi connectivity index (χ0v) is 13.0. The van der Waals surface area contributed by atoms with Crippen molar-refractivity contribution in [3.05, 3.63) is 0 Å². The average molecular weight is 293 g/mol. The van der Waals surface area contributed by atoms with Crippen LogP contribution in [-0.4, -0.2) is 79.7 Å². The molecule has 0 aromatic carbocycles. The maximum Gasteiger partial charge on any atom is 0.0701 e. The first kappa shape index (κ1) is 19.8. The van der Waals surface area contributed by atoms with Gasteiger partial charge in [-0.3, -0.25) is 0 Å². The lowest BCUT2D eigenvalue weighted by Gasteiger charge is -2.07. The van der Waals surface area contributed by atoms with Gasteiger partial charge in [0.2, 0.25) is 0 Å². The molecular weight excluding hydrogens is 262 g/mol. The molecule has 0 aromatic rings. The van der Waals surface area contributed by atoms with Gasteiger partial charge in [-0.1, -0.05) is 0 Å². The molecule has 0 aromatic heterocycles. The van der Waals surface area contributed by atoms with Crippen molar-refractivity contribution in [1.82, 2.24) is 5.32 Å². The first-order valence-corrected chi connectivity index (χ1v) is 7.45. The minimum atomic E-state index is 0.618. The summed E-state index contributed by atoms with van der Waals surface area (Å²) in [4.78, 5) is 0. The van der Waals surface area contributed by atoms with Crippen LogP contribution in [0.5, 0.6) is 0 Å². The molecule has 0 unspecified atom stereocenters. The van der Waals surface area contributed by atoms with Crippen molar-refractivity contribution in [3.8, 4) is 0 Å². The summed E-state index contributed by atoms with van der Waals surface area (Å²) in [7, 11) is 1.91. The topological polar surface area (TPSA) is 58.2 Å². The van der Waals surface area contributed by atoms with E-state index in [2.05, 4.69) is 5.32 Å². The molecule has 0 bridgehead atoms.